The number of hydrogen-bond acceptors (Lipinski definition) is 7. The van der Waals surface area contributed by atoms with E-state index in [0.717, 1.165) is 16.7 Å². The number of nitrogens with one attached hydrogen (secondary N) is 1. The van der Waals surface area contributed by atoms with E-state index in [1.165, 1.54) is 0 Å². The van der Waals surface area contributed by atoms with Crippen LogP contribution >= 0.6 is 10.8 Å². The molecule has 0 saturated heterocycles. The summed E-state index contributed by atoms with van der Waals surface area (Å²) >= 11 is 0. The number of rotatable bonds is 9. The fourth-order valence-electron chi connectivity index (χ4n) is 1.93. The molecule has 2 N–H and O–H groups in total. The van der Waals surface area contributed by atoms with Crippen molar-refractivity contribution >= 4 is 30.8 Å². The summed E-state index contributed by atoms with van der Waals surface area (Å²) in [6, 6.07) is 7.36. The Morgan fingerprint density at radius 1 is 1.30 bits per heavy atom. The second-order valence-electron chi connectivity index (χ2n) is 4.54. The second kappa shape index (κ2) is 8.34. The van der Waals surface area contributed by atoms with Crippen molar-refractivity contribution in [3.05, 3.63) is 30.5 Å². The molecule has 0 aliphatic rings. The van der Waals surface area contributed by atoms with Gasteiger partial charge in [-0.25, -0.2) is 0 Å². The highest BCUT2D eigenvalue weighted by Crippen LogP contribution is 2.27. The first-order valence-corrected chi connectivity index (χ1v) is 9.82. The van der Waals surface area contributed by atoms with E-state index in [1.807, 2.05) is 18.2 Å². The predicted molar refractivity (Wildman–Crippen MR) is 90.7 cm³/mol. The van der Waals surface area contributed by atoms with Crippen molar-refractivity contribution in [3.8, 4) is 11.5 Å². The average molecular weight is 358 g/mol. The van der Waals surface area contributed by atoms with E-state index in [1.54, 1.807) is 19.4 Å². The molecule has 0 radical (unpaired) electrons. The smallest absolute Gasteiger partial charge is 0.319 e. The summed E-state index contributed by atoms with van der Waals surface area (Å²) < 4.78 is 40.6. The van der Waals surface area contributed by atoms with Crippen molar-refractivity contribution in [1.82, 2.24) is 10.3 Å². The number of hydrogen-bond donors (Lipinski definition) is 2. The Balaban J connectivity index is 1.83. The van der Waals surface area contributed by atoms with Gasteiger partial charge in [0.2, 0.25) is 0 Å². The van der Waals surface area contributed by atoms with Crippen LogP contribution in [0.1, 0.15) is 0 Å². The molecule has 0 unspecified atom stereocenters. The lowest BCUT2D eigenvalue weighted by Crippen LogP contribution is -2.23. The van der Waals surface area contributed by atoms with E-state index < -0.39 is 9.15 Å². The minimum Gasteiger partial charge on any atom is -0.497 e. The standard InChI is InChI=1S/C14H18N2O5S2/c1-20-11-2-3-13-12(10-11)14(4-5-16-13)21-8-6-15-7-9-22-23(17,18)19/h2-5,10,15H,6-9H2,1H3,(H,17,18,19). The molecule has 1 heterocycles. The third kappa shape index (κ3) is 5.87. The van der Waals surface area contributed by atoms with Crippen molar-refractivity contribution in [3.63, 3.8) is 0 Å². The summed E-state index contributed by atoms with van der Waals surface area (Å²) in [7, 11) is -1.86. The minimum absolute atomic E-state index is 0.272. The first kappa shape index (κ1) is 17.8. The Morgan fingerprint density at radius 2 is 2.13 bits per heavy atom. The van der Waals surface area contributed by atoms with Crippen molar-refractivity contribution in [2.75, 3.05) is 32.6 Å². The van der Waals surface area contributed by atoms with Gasteiger partial charge in [-0.15, -0.1) is 0 Å². The summed E-state index contributed by atoms with van der Waals surface area (Å²) in [5, 5.41) is 3.91. The number of aromatic nitrogens is 1. The number of methoxy groups -OCH3 is 1. The Bertz CT molecular complexity index is 752. The summed E-state index contributed by atoms with van der Waals surface area (Å²) in [6.07, 6.45) is 1.68. The lowest BCUT2D eigenvalue weighted by molar-refractivity contribution is 0.319. The molecule has 23 heavy (non-hydrogen) atoms. The largest absolute Gasteiger partial charge is 0.497 e. The summed E-state index contributed by atoms with van der Waals surface area (Å²) in [6.45, 7) is 1.44. The molecule has 7 nitrogen and oxygen atoms in total. The predicted octanol–water partition coefficient (Wildman–Crippen LogP) is 1.75. The molecule has 2 aromatic rings. The van der Waals surface area contributed by atoms with Gasteiger partial charge in [0, 0.05) is 30.4 Å². The third-order valence-electron chi connectivity index (χ3n) is 2.96. The molecular weight excluding hydrogens is 340 g/mol. The lowest BCUT2D eigenvalue weighted by atomic mass is 10.2. The molecule has 9 heteroatoms. The van der Waals surface area contributed by atoms with Gasteiger partial charge in [0.25, 0.3) is 0 Å². The van der Waals surface area contributed by atoms with Gasteiger partial charge in [-0.1, -0.05) is 0 Å². The Morgan fingerprint density at radius 3 is 2.87 bits per heavy atom. The normalized spacial score (nSPS) is 11.6. The van der Waals surface area contributed by atoms with E-state index in [9.17, 15) is 8.42 Å². The summed E-state index contributed by atoms with van der Waals surface area (Å²) in [5.74, 6) is 1.72. The topological polar surface area (TPSA) is 97.8 Å². The van der Waals surface area contributed by atoms with E-state index >= 15 is 0 Å². The van der Waals surface area contributed by atoms with Crippen molar-refractivity contribution in [2.24, 2.45) is 0 Å². The molecule has 0 fully saturated rings. The number of benzene rings is 1. The molecular formula is C14H18N2O5S2. The van der Waals surface area contributed by atoms with Crippen LogP contribution in [0.25, 0.3) is 10.9 Å². The van der Waals surface area contributed by atoms with Crippen LogP contribution in [0.2, 0.25) is 0 Å². The number of fused-ring (bicyclic) bond motifs is 1. The van der Waals surface area contributed by atoms with Crippen molar-refractivity contribution < 1.29 is 22.4 Å². The molecule has 2 rings (SSSR count). The maximum Gasteiger partial charge on any atom is 0.319 e. The Labute approximate surface area is 138 Å². The molecule has 1 aromatic carbocycles. The van der Waals surface area contributed by atoms with E-state index in [0.29, 0.717) is 36.2 Å². The first-order valence-electron chi connectivity index (χ1n) is 6.88. The molecule has 0 saturated carbocycles. The monoisotopic (exact) mass is 358 g/mol. The second-order valence-corrected chi connectivity index (χ2v) is 8.01. The van der Waals surface area contributed by atoms with E-state index in [4.69, 9.17) is 14.0 Å². The van der Waals surface area contributed by atoms with Gasteiger partial charge in [0.15, 0.2) is 0 Å². The van der Waals surface area contributed by atoms with Crippen LogP contribution in [0.3, 0.4) is 0 Å². The van der Waals surface area contributed by atoms with Crippen LogP contribution in [0.15, 0.2) is 30.5 Å². The zero-order chi connectivity index (χ0) is 16.7. The van der Waals surface area contributed by atoms with Gasteiger partial charge in [0.05, 0.1) is 12.6 Å². The molecule has 1 aromatic heterocycles. The maximum absolute atomic E-state index is 10.5. The highest BCUT2D eigenvalue weighted by molar-refractivity contribution is 8.69. The van der Waals surface area contributed by atoms with Crippen LogP contribution in [-0.2, 0) is 9.15 Å². The highest BCUT2D eigenvalue weighted by atomic mass is 33.1. The SMILES string of the molecule is COc1ccc2nccc(OCCNCCSS(=O)(=O)O)c2c1. The Hall–Kier alpha value is -1.55. The third-order valence-corrected chi connectivity index (χ3v) is 5.02. The average Bonchev–Trinajstić information content (AvgIpc) is 2.52. The fourth-order valence-corrected chi connectivity index (χ4v) is 3.25. The van der Waals surface area contributed by atoms with Gasteiger partial charge >= 0.3 is 9.15 Å². The van der Waals surface area contributed by atoms with Gasteiger partial charge in [0.1, 0.15) is 18.1 Å². The van der Waals surface area contributed by atoms with Crippen LogP contribution in [0.5, 0.6) is 11.5 Å². The number of pyridine rings is 1. The van der Waals surface area contributed by atoms with E-state index in [2.05, 4.69) is 10.3 Å². The zero-order valence-electron chi connectivity index (χ0n) is 12.6. The quantitative estimate of drug-likeness (QED) is 0.397. The first-order chi connectivity index (χ1) is 11.0. The number of nitrogens with zero attached hydrogens (tertiary/aromatic N) is 1. The van der Waals surface area contributed by atoms with E-state index in [-0.39, 0.29) is 5.75 Å². The maximum atomic E-state index is 10.5. The van der Waals surface area contributed by atoms with Gasteiger partial charge in [-0.2, -0.15) is 8.42 Å². The molecule has 0 aliphatic heterocycles. The highest BCUT2D eigenvalue weighted by Gasteiger charge is 2.06. The zero-order valence-corrected chi connectivity index (χ0v) is 14.2. The van der Waals surface area contributed by atoms with Gasteiger partial charge in [-0.05, 0) is 35.1 Å². The molecule has 0 aliphatic carbocycles. The molecule has 0 spiro atoms. The molecule has 0 bridgehead atoms. The van der Waals surface area contributed by atoms with Crippen molar-refractivity contribution in [1.29, 1.82) is 0 Å². The van der Waals surface area contributed by atoms with Crippen LogP contribution in [0.4, 0.5) is 0 Å². The lowest BCUT2D eigenvalue weighted by Gasteiger charge is -2.10. The van der Waals surface area contributed by atoms with Crippen molar-refractivity contribution in [2.45, 2.75) is 0 Å². The molecule has 0 atom stereocenters. The van der Waals surface area contributed by atoms with Crippen LogP contribution in [0, 0.1) is 0 Å². The molecule has 0 amide bonds. The minimum atomic E-state index is -3.96. The van der Waals surface area contributed by atoms with Crippen LogP contribution < -0.4 is 14.8 Å². The Kier molecular flexibility index (Phi) is 6.46. The molecule has 126 valence electrons. The number of ether oxygens (including phenoxy) is 2. The van der Waals surface area contributed by atoms with Crippen LogP contribution in [-0.4, -0.2) is 50.5 Å². The fraction of sp³-hybridized carbons (Fsp3) is 0.357. The van der Waals surface area contributed by atoms with Gasteiger partial charge in [-0.3, -0.25) is 9.54 Å². The summed E-state index contributed by atoms with van der Waals surface area (Å²) in [4.78, 5) is 4.27. The summed E-state index contributed by atoms with van der Waals surface area (Å²) in [5.41, 5.74) is 0.820. The van der Waals surface area contributed by atoms with Gasteiger partial charge < -0.3 is 14.8 Å².